The average molecular weight is 354 g/mol. The van der Waals surface area contributed by atoms with Gasteiger partial charge in [0.1, 0.15) is 0 Å². The fourth-order valence-corrected chi connectivity index (χ4v) is 2.43. The summed E-state index contributed by atoms with van der Waals surface area (Å²) in [5.41, 5.74) is 2.13. The number of ether oxygens (including phenoxy) is 1. The Morgan fingerprint density at radius 1 is 0.962 bits per heavy atom. The molecule has 0 aliphatic carbocycles. The normalized spacial score (nSPS) is 11.3. The van der Waals surface area contributed by atoms with Gasteiger partial charge in [0.05, 0.1) is 6.42 Å². The highest BCUT2D eigenvalue weighted by Gasteiger charge is 2.14. The minimum atomic E-state index is -0.439. The number of carbonyl (C=O) groups is 3. The fraction of sp³-hybridized carbons (Fsp3) is 0.250. The second-order valence-corrected chi connectivity index (χ2v) is 5.99. The lowest BCUT2D eigenvalue weighted by Crippen LogP contribution is -2.21. The van der Waals surface area contributed by atoms with Crippen LogP contribution in [0.25, 0.3) is 0 Å². The monoisotopic (exact) mass is 354 g/mol. The molecule has 2 aromatic rings. The van der Waals surface area contributed by atoms with Crippen molar-refractivity contribution in [2.24, 2.45) is 0 Å². The molecule has 2 aromatic carbocycles. The highest BCUT2D eigenvalue weighted by molar-refractivity contribution is 5.94. The van der Waals surface area contributed by atoms with Gasteiger partial charge in [-0.25, -0.2) is 0 Å². The number of hydrogen-bond acceptors (Lipinski definition) is 4. The lowest BCUT2D eigenvalue weighted by atomic mass is 9.98. The first-order valence-corrected chi connectivity index (χ1v) is 8.32. The zero-order valence-electron chi connectivity index (χ0n) is 14.8. The van der Waals surface area contributed by atoms with E-state index in [9.17, 15) is 14.4 Å². The fourth-order valence-electron chi connectivity index (χ4n) is 2.43. The molecule has 0 aliphatic heterocycles. The first-order chi connectivity index (χ1) is 12.4. The van der Waals surface area contributed by atoms with Crippen LogP contribution in [0.15, 0.2) is 54.6 Å². The summed E-state index contributed by atoms with van der Waals surface area (Å²) in [5.74, 6) is -1.05. The van der Waals surface area contributed by atoms with Gasteiger partial charge in [-0.3, -0.25) is 14.4 Å². The number of hydrogen-bond donors (Lipinski definition) is 2. The first-order valence-electron chi connectivity index (χ1n) is 8.32. The molecule has 1 atom stereocenters. The molecular weight excluding hydrogens is 332 g/mol. The van der Waals surface area contributed by atoms with Crippen LogP contribution in [-0.2, 0) is 19.1 Å². The maximum absolute atomic E-state index is 11.9. The van der Waals surface area contributed by atoms with Gasteiger partial charge in [-0.1, -0.05) is 43.3 Å². The Balaban J connectivity index is 1.79. The van der Waals surface area contributed by atoms with Crippen molar-refractivity contribution in [2.45, 2.75) is 26.2 Å². The molecule has 0 aromatic heterocycles. The summed E-state index contributed by atoms with van der Waals surface area (Å²) in [7, 11) is 0. The molecule has 0 aliphatic rings. The third kappa shape index (κ3) is 6.39. The predicted octanol–water partition coefficient (Wildman–Crippen LogP) is 3.32. The Labute approximate surface area is 152 Å². The van der Waals surface area contributed by atoms with Crippen molar-refractivity contribution in [1.82, 2.24) is 0 Å². The minimum absolute atomic E-state index is 0.0149. The first kappa shape index (κ1) is 19.2. The van der Waals surface area contributed by atoms with Crippen LogP contribution in [0.1, 0.15) is 31.7 Å². The standard InChI is InChI=1S/C20H22N2O4/c1-14(16-7-4-3-5-8-16)11-20(25)26-13-19(24)22-18-10-6-9-17(12-18)21-15(2)23/h3-10,12,14H,11,13H2,1-2H3,(H,21,23)(H,22,24)/t14-/m1/s1. The SMILES string of the molecule is CC(=O)Nc1cccc(NC(=O)COC(=O)C[C@@H](C)c2ccccc2)c1. The van der Waals surface area contributed by atoms with E-state index < -0.39 is 11.9 Å². The van der Waals surface area contributed by atoms with Crippen LogP contribution < -0.4 is 10.6 Å². The van der Waals surface area contributed by atoms with Crippen molar-refractivity contribution in [2.75, 3.05) is 17.2 Å². The third-order valence-electron chi connectivity index (χ3n) is 3.67. The van der Waals surface area contributed by atoms with Gasteiger partial charge in [0.25, 0.3) is 5.91 Å². The molecule has 0 bridgehead atoms. The van der Waals surface area contributed by atoms with Gasteiger partial charge in [0, 0.05) is 18.3 Å². The number of benzene rings is 2. The number of anilines is 2. The molecule has 26 heavy (non-hydrogen) atoms. The molecular formula is C20H22N2O4. The number of amides is 2. The van der Waals surface area contributed by atoms with E-state index in [0.29, 0.717) is 11.4 Å². The van der Waals surface area contributed by atoms with E-state index in [1.807, 2.05) is 37.3 Å². The van der Waals surface area contributed by atoms with Gasteiger partial charge >= 0.3 is 5.97 Å². The largest absolute Gasteiger partial charge is 0.456 e. The highest BCUT2D eigenvalue weighted by atomic mass is 16.5. The molecule has 2 N–H and O–H groups in total. The lowest BCUT2D eigenvalue weighted by molar-refractivity contribution is -0.147. The van der Waals surface area contributed by atoms with Crippen LogP contribution in [0.3, 0.4) is 0 Å². The Kier molecular flexibility index (Phi) is 6.91. The summed E-state index contributed by atoms with van der Waals surface area (Å²) in [6.07, 6.45) is 0.204. The molecule has 136 valence electrons. The van der Waals surface area contributed by atoms with E-state index in [1.165, 1.54) is 6.92 Å². The van der Waals surface area contributed by atoms with E-state index in [0.717, 1.165) is 5.56 Å². The van der Waals surface area contributed by atoms with Crippen molar-refractivity contribution >= 4 is 29.2 Å². The number of nitrogens with one attached hydrogen (secondary N) is 2. The summed E-state index contributed by atoms with van der Waals surface area (Å²) >= 11 is 0. The van der Waals surface area contributed by atoms with Crippen LogP contribution >= 0.6 is 0 Å². The van der Waals surface area contributed by atoms with E-state index in [4.69, 9.17) is 4.74 Å². The molecule has 0 fully saturated rings. The number of rotatable bonds is 7. The molecule has 0 saturated heterocycles. The Hall–Kier alpha value is -3.15. The second-order valence-electron chi connectivity index (χ2n) is 5.99. The topological polar surface area (TPSA) is 84.5 Å². The van der Waals surface area contributed by atoms with Crippen molar-refractivity contribution < 1.29 is 19.1 Å². The van der Waals surface area contributed by atoms with Crippen molar-refractivity contribution in [3.05, 3.63) is 60.2 Å². The molecule has 0 radical (unpaired) electrons. The van der Waals surface area contributed by atoms with Crippen molar-refractivity contribution in [1.29, 1.82) is 0 Å². The Morgan fingerprint density at radius 3 is 2.27 bits per heavy atom. The highest BCUT2D eigenvalue weighted by Crippen LogP contribution is 2.19. The van der Waals surface area contributed by atoms with Crippen LogP contribution in [0.4, 0.5) is 11.4 Å². The second kappa shape index (κ2) is 9.36. The number of esters is 1. The van der Waals surface area contributed by atoms with E-state index in [-0.39, 0.29) is 24.9 Å². The predicted molar refractivity (Wildman–Crippen MR) is 99.8 cm³/mol. The summed E-state index contributed by atoms with van der Waals surface area (Å²) in [5, 5.41) is 5.26. The van der Waals surface area contributed by atoms with Crippen LogP contribution in [0.5, 0.6) is 0 Å². The average Bonchev–Trinajstić information content (AvgIpc) is 2.60. The molecule has 0 saturated carbocycles. The molecule has 0 heterocycles. The number of carbonyl (C=O) groups excluding carboxylic acids is 3. The molecule has 0 spiro atoms. The summed E-state index contributed by atoms with van der Waals surface area (Å²) in [4.78, 5) is 34.9. The molecule has 6 nitrogen and oxygen atoms in total. The summed E-state index contributed by atoms with van der Waals surface area (Å²) < 4.78 is 5.04. The summed E-state index contributed by atoms with van der Waals surface area (Å²) in [6.45, 7) is 2.98. The smallest absolute Gasteiger partial charge is 0.306 e. The summed E-state index contributed by atoms with van der Waals surface area (Å²) in [6, 6.07) is 16.4. The van der Waals surface area contributed by atoms with Crippen LogP contribution in [0.2, 0.25) is 0 Å². The van der Waals surface area contributed by atoms with Gasteiger partial charge in [-0.05, 0) is 29.7 Å². The van der Waals surface area contributed by atoms with Crippen LogP contribution in [0, 0.1) is 0 Å². The van der Waals surface area contributed by atoms with Gasteiger partial charge in [0.15, 0.2) is 6.61 Å². The van der Waals surface area contributed by atoms with Gasteiger partial charge in [-0.2, -0.15) is 0 Å². The van der Waals surface area contributed by atoms with Crippen LogP contribution in [-0.4, -0.2) is 24.4 Å². The van der Waals surface area contributed by atoms with E-state index in [1.54, 1.807) is 24.3 Å². The molecule has 0 unspecified atom stereocenters. The third-order valence-corrected chi connectivity index (χ3v) is 3.67. The Bertz CT molecular complexity index is 774. The quantitative estimate of drug-likeness (QED) is 0.747. The van der Waals surface area contributed by atoms with E-state index >= 15 is 0 Å². The zero-order valence-corrected chi connectivity index (χ0v) is 14.8. The van der Waals surface area contributed by atoms with Gasteiger partial charge in [-0.15, -0.1) is 0 Å². The van der Waals surface area contributed by atoms with Crippen molar-refractivity contribution in [3.8, 4) is 0 Å². The molecule has 2 amide bonds. The minimum Gasteiger partial charge on any atom is -0.456 e. The maximum atomic E-state index is 11.9. The molecule has 2 rings (SSSR count). The maximum Gasteiger partial charge on any atom is 0.306 e. The zero-order chi connectivity index (χ0) is 18.9. The van der Waals surface area contributed by atoms with Gasteiger partial charge in [0.2, 0.25) is 5.91 Å². The van der Waals surface area contributed by atoms with Gasteiger partial charge < -0.3 is 15.4 Å². The Morgan fingerprint density at radius 2 is 1.62 bits per heavy atom. The lowest BCUT2D eigenvalue weighted by Gasteiger charge is -2.12. The van der Waals surface area contributed by atoms with E-state index in [2.05, 4.69) is 10.6 Å². The molecule has 6 heteroatoms. The van der Waals surface area contributed by atoms with Crippen molar-refractivity contribution in [3.63, 3.8) is 0 Å².